The first-order valence-corrected chi connectivity index (χ1v) is 9.25. The predicted molar refractivity (Wildman–Crippen MR) is 115 cm³/mol. The van der Waals surface area contributed by atoms with Crippen LogP contribution in [-0.2, 0) is 12.7 Å². The van der Waals surface area contributed by atoms with E-state index in [1.807, 2.05) is 6.92 Å². The van der Waals surface area contributed by atoms with Crippen LogP contribution in [0.4, 0.5) is 13.2 Å². The molecule has 27 heavy (non-hydrogen) atoms. The lowest BCUT2D eigenvalue weighted by molar-refractivity contribution is -0.137. The number of nitrogens with one attached hydrogen (secondary N) is 2. The summed E-state index contributed by atoms with van der Waals surface area (Å²) in [5, 5.41) is 6.45. The Bertz CT molecular complexity index is 585. The Morgan fingerprint density at radius 2 is 1.93 bits per heavy atom. The van der Waals surface area contributed by atoms with Gasteiger partial charge >= 0.3 is 6.18 Å². The normalized spacial score (nSPS) is 16.7. The summed E-state index contributed by atoms with van der Waals surface area (Å²) in [6, 6.07) is 5.33. The van der Waals surface area contributed by atoms with Crippen molar-refractivity contribution in [2.45, 2.75) is 38.9 Å². The molecule has 1 aromatic rings. The van der Waals surface area contributed by atoms with Crippen molar-refractivity contribution in [3.05, 3.63) is 35.4 Å². The Kier molecular flexibility index (Phi) is 10.4. The molecule has 0 amide bonds. The molecule has 154 valence electrons. The second-order valence-electron chi connectivity index (χ2n) is 6.86. The maximum absolute atomic E-state index is 12.8. The van der Waals surface area contributed by atoms with Crippen LogP contribution in [0.2, 0.25) is 0 Å². The van der Waals surface area contributed by atoms with Crippen molar-refractivity contribution in [2.24, 2.45) is 10.9 Å². The number of nitrogens with zero attached hydrogens (tertiary/aromatic N) is 2. The first-order chi connectivity index (χ1) is 12.4. The fourth-order valence-corrected chi connectivity index (χ4v) is 3.10. The van der Waals surface area contributed by atoms with E-state index in [4.69, 9.17) is 0 Å². The molecule has 0 aromatic heterocycles. The Balaban J connectivity index is 0.00000364. The highest BCUT2D eigenvalue weighted by Gasteiger charge is 2.30. The zero-order valence-electron chi connectivity index (χ0n) is 16.0. The van der Waals surface area contributed by atoms with E-state index in [1.165, 1.54) is 18.9 Å². The van der Waals surface area contributed by atoms with Gasteiger partial charge in [0.1, 0.15) is 0 Å². The Morgan fingerprint density at radius 3 is 2.56 bits per heavy atom. The minimum Gasteiger partial charge on any atom is -0.357 e. The van der Waals surface area contributed by atoms with Crippen LogP contribution >= 0.6 is 24.0 Å². The van der Waals surface area contributed by atoms with Crippen LogP contribution in [0, 0.1) is 5.92 Å². The molecule has 0 spiro atoms. The van der Waals surface area contributed by atoms with Gasteiger partial charge in [-0.15, -0.1) is 24.0 Å². The van der Waals surface area contributed by atoms with Crippen molar-refractivity contribution in [3.63, 3.8) is 0 Å². The van der Waals surface area contributed by atoms with Crippen molar-refractivity contribution in [2.75, 3.05) is 33.2 Å². The highest BCUT2D eigenvalue weighted by molar-refractivity contribution is 14.0. The average molecular weight is 498 g/mol. The molecule has 0 radical (unpaired) electrons. The van der Waals surface area contributed by atoms with Crippen molar-refractivity contribution in [1.29, 1.82) is 0 Å². The molecule has 0 atom stereocenters. The van der Waals surface area contributed by atoms with Gasteiger partial charge in [0.05, 0.1) is 12.1 Å². The Labute approximate surface area is 177 Å². The number of hydrogen-bond acceptors (Lipinski definition) is 2. The summed E-state index contributed by atoms with van der Waals surface area (Å²) in [6.45, 7) is 6.01. The topological polar surface area (TPSA) is 39.7 Å². The summed E-state index contributed by atoms with van der Waals surface area (Å²) >= 11 is 0. The predicted octanol–water partition coefficient (Wildman–Crippen LogP) is 4.11. The zero-order chi connectivity index (χ0) is 19.0. The molecule has 2 rings (SSSR count). The van der Waals surface area contributed by atoms with E-state index in [0.717, 1.165) is 44.1 Å². The fraction of sp³-hybridized carbons (Fsp3) is 0.632. The van der Waals surface area contributed by atoms with Gasteiger partial charge in [0.2, 0.25) is 0 Å². The molecule has 1 aliphatic heterocycles. The molecule has 0 unspecified atom stereocenters. The number of likely N-dealkylation sites (tertiary alicyclic amines) is 1. The van der Waals surface area contributed by atoms with Crippen LogP contribution in [-0.4, -0.2) is 44.1 Å². The Morgan fingerprint density at radius 1 is 1.22 bits per heavy atom. The van der Waals surface area contributed by atoms with E-state index in [0.29, 0.717) is 18.1 Å². The van der Waals surface area contributed by atoms with Gasteiger partial charge in [-0.25, -0.2) is 4.99 Å². The zero-order valence-corrected chi connectivity index (χ0v) is 18.3. The summed E-state index contributed by atoms with van der Waals surface area (Å²) < 4.78 is 38.4. The molecule has 4 nitrogen and oxygen atoms in total. The molecule has 1 saturated heterocycles. The fourth-order valence-electron chi connectivity index (χ4n) is 3.10. The standard InChI is InChI=1S/C19H29F3N4.HI/c1-3-23-18(24-10-7-15-8-11-26(2)12-9-15)25-14-16-5-4-6-17(13-16)19(20,21)22;/h4-6,13,15H,3,7-12,14H2,1-2H3,(H2,23,24,25);1H. The average Bonchev–Trinajstić information content (AvgIpc) is 2.61. The van der Waals surface area contributed by atoms with E-state index in [1.54, 1.807) is 6.07 Å². The van der Waals surface area contributed by atoms with Crippen molar-refractivity contribution >= 4 is 29.9 Å². The summed E-state index contributed by atoms with van der Waals surface area (Å²) in [7, 11) is 2.15. The van der Waals surface area contributed by atoms with Gasteiger partial charge in [0.25, 0.3) is 0 Å². The number of halogens is 4. The molecule has 8 heteroatoms. The summed E-state index contributed by atoms with van der Waals surface area (Å²) in [5.74, 6) is 1.38. The third kappa shape index (κ3) is 8.68. The minimum absolute atomic E-state index is 0. The van der Waals surface area contributed by atoms with Crippen LogP contribution in [0.1, 0.15) is 37.3 Å². The second kappa shape index (κ2) is 11.7. The van der Waals surface area contributed by atoms with Crippen LogP contribution in [0.25, 0.3) is 0 Å². The lowest BCUT2D eigenvalue weighted by Gasteiger charge is -2.29. The molecule has 0 saturated carbocycles. The number of rotatable bonds is 6. The first-order valence-electron chi connectivity index (χ1n) is 9.25. The van der Waals surface area contributed by atoms with Crippen molar-refractivity contribution in [3.8, 4) is 0 Å². The highest BCUT2D eigenvalue weighted by atomic mass is 127. The number of piperidine rings is 1. The van der Waals surface area contributed by atoms with Gasteiger partial charge in [-0.1, -0.05) is 12.1 Å². The summed E-state index contributed by atoms with van der Waals surface area (Å²) in [5.41, 5.74) is -0.0854. The van der Waals surface area contributed by atoms with E-state index in [-0.39, 0.29) is 30.5 Å². The van der Waals surface area contributed by atoms with Gasteiger partial charge < -0.3 is 15.5 Å². The van der Waals surface area contributed by atoms with E-state index in [2.05, 4.69) is 27.6 Å². The monoisotopic (exact) mass is 498 g/mol. The maximum atomic E-state index is 12.8. The quantitative estimate of drug-likeness (QED) is 0.353. The van der Waals surface area contributed by atoms with E-state index < -0.39 is 11.7 Å². The third-order valence-electron chi connectivity index (χ3n) is 4.70. The molecular formula is C19H30F3IN4. The van der Waals surface area contributed by atoms with Gasteiger partial charge in [-0.2, -0.15) is 13.2 Å². The number of guanidine groups is 1. The van der Waals surface area contributed by atoms with Gasteiger partial charge in [-0.05, 0) is 69.9 Å². The largest absolute Gasteiger partial charge is 0.416 e. The van der Waals surface area contributed by atoms with E-state index >= 15 is 0 Å². The lowest BCUT2D eigenvalue weighted by atomic mass is 9.94. The maximum Gasteiger partial charge on any atom is 0.416 e. The van der Waals surface area contributed by atoms with Gasteiger partial charge in [-0.3, -0.25) is 0 Å². The summed E-state index contributed by atoms with van der Waals surface area (Å²) in [6.07, 6.45) is -0.801. The lowest BCUT2D eigenvalue weighted by Crippen LogP contribution is -2.39. The van der Waals surface area contributed by atoms with Crippen molar-refractivity contribution in [1.82, 2.24) is 15.5 Å². The molecule has 1 fully saturated rings. The van der Waals surface area contributed by atoms with Gasteiger partial charge in [0, 0.05) is 13.1 Å². The number of aliphatic imine (C=N–C) groups is 1. The molecule has 0 bridgehead atoms. The van der Waals surface area contributed by atoms with Crippen LogP contribution in [0.15, 0.2) is 29.3 Å². The van der Waals surface area contributed by atoms with Crippen molar-refractivity contribution < 1.29 is 13.2 Å². The molecule has 2 N–H and O–H groups in total. The smallest absolute Gasteiger partial charge is 0.357 e. The third-order valence-corrected chi connectivity index (χ3v) is 4.70. The number of hydrogen-bond donors (Lipinski definition) is 2. The minimum atomic E-state index is -4.32. The van der Waals surface area contributed by atoms with Gasteiger partial charge in [0.15, 0.2) is 5.96 Å². The molecule has 0 aliphatic carbocycles. The molecular weight excluding hydrogens is 468 g/mol. The summed E-state index contributed by atoms with van der Waals surface area (Å²) in [4.78, 5) is 6.77. The SMILES string of the molecule is CCNC(=NCc1cccc(C(F)(F)F)c1)NCCC1CCN(C)CC1.I. The number of alkyl halides is 3. The number of benzene rings is 1. The van der Waals surface area contributed by atoms with E-state index in [9.17, 15) is 13.2 Å². The Hall–Kier alpha value is -1.03. The second-order valence-corrected chi connectivity index (χ2v) is 6.86. The van der Waals surface area contributed by atoms with Crippen LogP contribution < -0.4 is 10.6 Å². The molecule has 1 aliphatic rings. The highest BCUT2D eigenvalue weighted by Crippen LogP contribution is 2.29. The molecule has 1 heterocycles. The van der Waals surface area contributed by atoms with Crippen LogP contribution in [0.3, 0.4) is 0 Å². The molecule has 1 aromatic carbocycles. The van der Waals surface area contributed by atoms with Crippen LogP contribution in [0.5, 0.6) is 0 Å². The first kappa shape index (κ1) is 24.0.